The number of carbonyl (C=O) groups is 1. The van der Waals surface area contributed by atoms with Gasteiger partial charge in [-0.25, -0.2) is 0 Å². The highest BCUT2D eigenvalue weighted by molar-refractivity contribution is 5.74. The van der Waals surface area contributed by atoms with E-state index in [0.29, 0.717) is 6.54 Å². The summed E-state index contributed by atoms with van der Waals surface area (Å²) in [7, 11) is 0. The lowest BCUT2D eigenvalue weighted by Gasteiger charge is -2.34. The molecule has 3 unspecified atom stereocenters. The summed E-state index contributed by atoms with van der Waals surface area (Å²) in [5.74, 6) is -0.483. The summed E-state index contributed by atoms with van der Waals surface area (Å²) < 4.78 is 0. The minimum Gasteiger partial charge on any atom is -0.480 e. The standard InChI is InChI=1S/C12H23NO3/c1-8(2)12(4,16)7-13-6-5-9(3)10(13)11(14)15/h8-10,16H,5-7H2,1-4H3,(H,14,15). The van der Waals surface area contributed by atoms with Crippen LogP contribution in [-0.4, -0.2) is 45.8 Å². The summed E-state index contributed by atoms with van der Waals surface area (Å²) in [5.41, 5.74) is -0.822. The van der Waals surface area contributed by atoms with Crippen molar-refractivity contribution in [2.75, 3.05) is 13.1 Å². The van der Waals surface area contributed by atoms with Gasteiger partial charge in [0.1, 0.15) is 6.04 Å². The van der Waals surface area contributed by atoms with Crippen molar-refractivity contribution < 1.29 is 15.0 Å². The third kappa shape index (κ3) is 2.74. The molecule has 1 aliphatic rings. The van der Waals surface area contributed by atoms with Gasteiger partial charge in [-0.3, -0.25) is 9.69 Å². The van der Waals surface area contributed by atoms with Gasteiger partial charge in [0.15, 0.2) is 0 Å². The Bertz CT molecular complexity index is 263. The van der Waals surface area contributed by atoms with Crippen molar-refractivity contribution in [2.45, 2.75) is 45.8 Å². The molecule has 3 atom stereocenters. The third-order valence-corrected chi connectivity index (χ3v) is 3.82. The van der Waals surface area contributed by atoms with Crippen LogP contribution < -0.4 is 0 Å². The van der Waals surface area contributed by atoms with Crippen LogP contribution in [0.5, 0.6) is 0 Å². The van der Waals surface area contributed by atoms with Crippen molar-refractivity contribution in [1.29, 1.82) is 0 Å². The fourth-order valence-electron chi connectivity index (χ4n) is 2.20. The van der Waals surface area contributed by atoms with Crippen LogP contribution in [0.25, 0.3) is 0 Å². The van der Waals surface area contributed by atoms with Gasteiger partial charge >= 0.3 is 5.97 Å². The third-order valence-electron chi connectivity index (χ3n) is 3.82. The number of aliphatic hydroxyl groups is 1. The Balaban J connectivity index is 2.71. The van der Waals surface area contributed by atoms with Gasteiger partial charge in [-0.2, -0.15) is 0 Å². The van der Waals surface area contributed by atoms with Crippen molar-refractivity contribution in [3.63, 3.8) is 0 Å². The molecule has 0 aliphatic carbocycles. The van der Waals surface area contributed by atoms with Crippen molar-refractivity contribution in [3.05, 3.63) is 0 Å². The van der Waals surface area contributed by atoms with Gasteiger partial charge in [-0.1, -0.05) is 20.8 Å². The van der Waals surface area contributed by atoms with Gasteiger partial charge in [0.05, 0.1) is 5.60 Å². The van der Waals surface area contributed by atoms with Crippen molar-refractivity contribution in [3.8, 4) is 0 Å². The molecule has 0 saturated carbocycles. The maximum absolute atomic E-state index is 11.2. The molecule has 0 bridgehead atoms. The van der Waals surface area contributed by atoms with E-state index in [2.05, 4.69) is 0 Å². The second-order valence-corrected chi connectivity index (χ2v) is 5.53. The van der Waals surface area contributed by atoms with Crippen LogP contribution in [0.3, 0.4) is 0 Å². The summed E-state index contributed by atoms with van der Waals surface area (Å²) in [6, 6.07) is -0.440. The first-order valence-electron chi connectivity index (χ1n) is 5.95. The van der Waals surface area contributed by atoms with Crippen molar-refractivity contribution in [1.82, 2.24) is 4.90 Å². The largest absolute Gasteiger partial charge is 0.480 e. The zero-order chi connectivity index (χ0) is 12.5. The van der Waals surface area contributed by atoms with E-state index >= 15 is 0 Å². The lowest BCUT2D eigenvalue weighted by molar-refractivity contribution is -0.144. The van der Waals surface area contributed by atoms with E-state index in [1.807, 2.05) is 25.7 Å². The SMILES string of the molecule is CC1CCN(CC(C)(O)C(C)C)C1C(=O)O. The van der Waals surface area contributed by atoms with Crippen LogP contribution in [0, 0.1) is 11.8 Å². The average molecular weight is 229 g/mol. The lowest BCUT2D eigenvalue weighted by Crippen LogP contribution is -2.49. The van der Waals surface area contributed by atoms with E-state index in [1.165, 1.54) is 0 Å². The van der Waals surface area contributed by atoms with Gasteiger partial charge < -0.3 is 10.2 Å². The predicted molar refractivity (Wildman–Crippen MR) is 62.2 cm³/mol. The molecule has 4 heteroatoms. The van der Waals surface area contributed by atoms with Gasteiger partial charge in [0.2, 0.25) is 0 Å². The predicted octanol–water partition coefficient (Wildman–Crippen LogP) is 1.19. The molecule has 2 N–H and O–H groups in total. The number of carboxylic acids is 1. The van der Waals surface area contributed by atoms with Gasteiger partial charge in [-0.05, 0) is 31.7 Å². The first-order chi connectivity index (χ1) is 7.25. The van der Waals surface area contributed by atoms with Crippen LogP contribution in [0.2, 0.25) is 0 Å². The Morgan fingerprint density at radius 3 is 2.56 bits per heavy atom. The van der Waals surface area contributed by atoms with E-state index in [0.717, 1.165) is 13.0 Å². The highest BCUT2D eigenvalue weighted by Crippen LogP contribution is 2.27. The molecule has 0 radical (unpaired) electrons. The second kappa shape index (κ2) is 4.72. The number of hydrogen-bond acceptors (Lipinski definition) is 3. The van der Waals surface area contributed by atoms with E-state index in [1.54, 1.807) is 6.92 Å². The number of nitrogens with zero attached hydrogens (tertiary/aromatic N) is 1. The molecule has 94 valence electrons. The van der Waals surface area contributed by atoms with Crippen molar-refractivity contribution >= 4 is 5.97 Å². The topological polar surface area (TPSA) is 60.8 Å². The number of hydrogen-bond donors (Lipinski definition) is 2. The molecule has 1 aliphatic heterocycles. The number of likely N-dealkylation sites (tertiary alicyclic amines) is 1. The zero-order valence-corrected chi connectivity index (χ0v) is 10.6. The molecular formula is C12H23NO3. The minimum absolute atomic E-state index is 0.123. The molecule has 4 nitrogen and oxygen atoms in total. The number of β-amino-alcohol motifs (C(OH)–C–C–N with tert-alkyl or cyclic N) is 1. The lowest BCUT2D eigenvalue weighted by atomic mass is 9.91. The Morgan fingerprint density at radius 1 is 1.56 bits per heavy atom. The smallest absolute Gasteiger partial charge is 0.321 e. The second-order valence-electron chi connectivity index (χ2n) is 5.53. The summed E-state index contributed by atoms with van der Waals surface area (Å²) in [6.45, 7) is 8.85. The van der Waals surface area contributed by atoms with E-state index in [4.69, 9.17) is 5.11 Å². The number of carboxylic acid groups (broad SMARTS) is 1. The molecular weight excluding hydrogens is 206 g/mol. The highest BCUT2D eigenvalue weighted by atomic mass is 16.4. The molecule has 1 rings (SSSR count). The van der Waals surface area contributed by atoms with Crippen LogP contribution in [0.15, 0.2) is 0 Å². The van der Waals surface area contributed by atoms with E-state index in [9.17, 15) is 9.90 Å². The molecule has 1 heterocycles. The monoisotopic (exact) mass is 229 g/mol. The fraction of sp³-hybridized carbons (Fsp3) is 0.917. The van der Waals surface area contributed by atoms with E-state index in [-0.39, 0.29) is 11.8 Å². The van der Waals surface area contributed by atoms with Gasteiger partial charge in [-0.15, -0.1) is 0 Å². The maximum atomic E-state index is 11.2. The molecule has 16 heavy (non-hydrogen) atoms. The van der Waals surface area contributed by atoms with E-state index < -0.39 is 17.6 Å². The van der Waals surface area contributed by atoms with Gasteiger partial charge in [0.25, 0.3) is 0 Å². The molecule has 0 aromatic rings. The molecule has 1 fully saturated rings. The van der Waals surface area contributed by atoms with Crippen molar-refractivity contribution in [2.24, 2.45) is 11.8 Å². The van der Waals surface area contributed by atoms with Crippen LogP contribution >= 0.6 is 0 Å². The minimum atomic E-state index is -0.822. The van der Waals surface area contributed by atoms with Crippen LogP contribution in [0.4, 0.5) is 0 Å². The molecule has 1 saturated heterocycles. The fourth-order valence-corrected chi connectivity index (χ4v) is 2.20. The quantitative estimate of drug-likeness (QED) is 0.760. The Morgan fingerprint density at radius 2 is 2.12 bits per heavy atom. The summed E-state index contributed by atoms with van der Waals surface area (Å²) in [4.78, 5) is 13.1. The summed E-state index contributed by atoms with van der Waals surface area (Å²) >= 11 is 0. The number of rotatable bonds is 4. The Kier molecular flexibility index (Phi) is 3.97. The van der Waals surface area contributed by atoms with Crippen LogP contribution in [-0.2, 0) is 4.79 Å². The average Bonchev–Trinajstić information content (AvgIpc) is 2.45. The summed E-state index contributed by atoms with van der Waals surface area (Å²) in [5, 5.41) is 19.4. The molecule has 0 aromatic carbocycles. The first-order valence-corrected chi connectivity index (χ1v) is 5.95. The first kappa shape index (κ1) is 13.5. The van der Waals surface area contributed by atoms with Crippen LogP contribution in [0.1, 0.15) is 34.1 Å². The van der Waals surface area contributed by atoms with Gasteiger partial charge in [0, 0.05) is 6.54 Å². The molecule has 0 amide bonds. The molecule has 0 spiro atoms. The Labute approximate surface area is 97.3 Å². The summed E-state index contributed by atoms with van der Waals surface area (Å²) in [6.07, 6.45) is 0.894. The molecule has 0 aromatic heterocycles. The number of aliphatic carboxylic acids is 1. The Hall–Kier alpha value is -0.610. The zero-order valence-electron chi connectivity index (χ0n) is 10.6. The normalized spacial score (nSPS) is 30.6. The highest BCUT2D eigenvalue weighted by Gasteiger charge is 2.40. The maximum Gasteiger partial charge on any atom is 0.321 e.